The number of nitrogens with one attached hydrogen (secondary N) is 1. The lowest BCUT2D eigenvalue weighted by molar-refractivity contribution is 0.591. The van der Waals surface area contributed by atoms with Crippen LogP contribution < -0.4 is 4.72 Å². The molecule has 1 heterocycles. The number of nitrogens with zero attached hydrogens (tertiary/aromatic N) is 1. The summed E-state index contributed by atoms with van der Waals surface area (Å²) in [4.78, 5) is 4.03. The van der Waals surface area contributed by atoms with Crippen LogP contribution in [-0.4, -0.2) is 13.9 Å². The van der Waals surface area contributed by atoms with Crippen LogP contribution in [0.2, 0.25) is 5.15 Å². The second kappa shape index (κ2) is 6.18. The smallest absolute Gasteiger partial charge is 0.135 e. The molecular formula is C15H17ClF2N2OS. The van der Waals surface area contributed by atoms with Gasteiger partial charge < -0.3 is 0 Å². The number of hydrogen-bond donors (Lipinski definition) is 1. The average Bonchev–Trinajstić information content (AvgIpc) is 2.36. The summed E-state index contributed by atoms with van der Waals surface area (Å²) in [5.74, 6) is -1.41. The van der Waals surface area contributed by atoms with Crippen molar-refractivity contribution in [3.63, 3.8) is 0 Å². The summed E-state index contributed by atoms with van der Waals surface area (Å²) in [6, 6.07) is 3.04. The van der Waals surface area contributed by atoms with Crippen molar-refractivity contribution in [3.8, 4) is 0 Å². The van der Waals surface area contributed by atoms with E-state index >= 15 is 0 Å². The summed E-state index contributed by atoms with van der Waals surface area (Å²) in [6.45, 7) is 7.28. The second-order valence-corrected chi connectivity index (χ2v) is 8.40. The van der Waals surface area contributed by atoms with Crippen molar-refractivity contribution in [1.82, 2.24) is 9.71 Å². The molecule has 3 nitrogen and oxygen atoms in total. The fourth-order valence-corrected chi connectivity index (χ4v) is 3.01. The number of rotatable bonds is 3. The third-order valence-corrected chi connectivity index (χ3v) is 5.12. The van der Waals surface area contributed by atoms with Gasteiger partial charge in [-0.1, -0.05) is 11.6 Å². The zero-order chi connectivity index (χ0) is 16.7. The van der Waals surface area contributed by atoms with Gasteiger partial charge in [-0.05, 0) is 33.8 Å². The van der Waals surface area contributed by atoms with Gasteiger partial charge in [-0.2, -0.15) is 0 Å². The van der Waals surface area contributed by atoms with Gasteiger partial charge in [0.15, 0.2) is 0 Å². The van der Waals surface area contributed by atoms with E-state index in [0.29, 0.717) is 5.56 Å². The van der Waals surface area contributed by atoms with Gasteiger partial charge in [0.1, 0.15) is 16.8 Å². The molecule has 2 rings (SSSR count). The number of benzene rings is 1. The third-order valence-electron chi connectivity index (χ3n) is 3.14. The molecule has 0 spiro atoms. The van der Waals surface area contributed by atoms with E-state index < -0.39 is 33.4 Å². The maximum absolute atomic E-state index is 13.9. The molecule has 7 heteroatoms. The highest BCUT2D eigenvalue weighted by Crippen LogP contribution is 2.28. The molecule has 2 aromatic rings. The van der Waals surface area contributed by atoms with Crippen LogP contribution in [0, 0.1) is 11.6 Å². The Balaban J connectivity index is 2.43. The van der Waals surface area contributed by atoms with Crippen LogP contribution in [0.4, 0.5) is 8.78 Å². The third kappa shape index (κ3) is 3.62. The molecule has 1 unspecified atom stereocenters. The molecule has 0 saturated carbocycles. The summed E-state index contributed by atoms with van der Waals surface area (Å²) in [7, 11) is -1.31. The number of aromatic nitrogens is 1. The summed E-state index contributed by atoms with van der Waals surface area (Å²) in [6.07, 6.45) is 0. The Labute approximate surface area is 135 Å². The number of fused-ring (bicyclic) bond motifs is 1. The summed E-state index contributed by atoms with van der Waals surface area (Å²) < 4.78 is 41.7. The van der Waals surface area contributed by atoms with Crippen molar-refractivity contribution in [2.45, 2.75) is 38.5 Å². The van der Waals surface area contributed by atoms with Crippen LogP contribution in [0.1, 0.15) is 39.3 Å². The van der Waals surface area contributed by atoms with Gasteiger partial charge in [0.25, 0.3) is 0 Å². The summed E-state index contributed by atoms with van der Waals surface area (Å²) >= 11 is 6.11. The topological polar surface area (TPSA) is 42.0 Å². The minimum absolute atomic E-state index is 0.128. The second-order valence-electron chi connectivity index (χ2n) is 6.04. The largest absolute Gasteiger partial charge is 0.242 e. The van der Waals surface area contributed by atoms with Crippen molar-refractivity contribution in [2.75, 3.05) is 0 Å². The van der Waals surface area contributed by atoms with E-state index in [9.17, 15) is 13.0 Å². The standard InChI is InChI=1S/C15H17ClF2N2OS/c1-8(20-22(21)15(2,3)4)10-7-11-12(18)5-9(17)6-13(11)19-14(10)16/h5-8,20H,1-4H3/t8-,22?/m0/s1. The maximum Gasteiger partial charge on any atom is 0.135 e. The zero-order valence-corrected chi connectivity index (χ0v) is 14.3. The lowest BCUT2D eigenvalue weighted by atomic mass is 10.1. The first-order valence-electron chi connectivity index (χ1n) is 6.73. The Morgan fingerprint density at radius 1 is 1.27 bits per heavy atom. The normalized spacial score (nSPS) is 15.0. The van der Waals surface area contributed by atoms with Crippen molar-refractivity contribution < 1.29 is 13.0 Å². The van der Waals surface area contributed by atoms with Gasteiger partial charge in [0, 0.05) is 29.1 Å². The fraction of sp³-hybridized carbons (Fsp3) is 0.400. The molecule has 1 N–H and O–H groups in total. The SMILES string of the molecule is C[C@H](NS(=O)C(C)(C)C)c1cc2c(F)cc(F)cc2nc1Cl. The van der Waals surface area contributed by atoms with E-state index in [2.05, 4.69) is 9.71 Å². The Kier molecular flexibility index (Phi) is 4.84. The predicted octanol–water partition coefficient (Wildman–Crippen LogP) is 4.28. The highest BCUT2D eigenvalue weighted by Gasteiger charge is 2.23. The number of hydrogen-bond acceptors (Lipinski definition) is 2. The first-order valence-corrected chi connectivity index (χ1v) is 8.25. The van der Waals surface area contributed by atoms with Gasteiger partial charge >= 0.3 is 0 Å². The molecule has 0 bridgehead atoms. The van der Waals surface area contributed by atoms with Crippen LogP contribution in [0.15, 0.2) is 18.2 Å². The molecule has 0 saturated heterocycles. The van der Waals surface area contributed by atoms with Crippen molar-refractivity contribution in [1.29, 1.82) is 0 Å². The quantitative estimate of drug-likeness (QED) is 0.843. The van der Waals surface area contributed by atoms with Gasteiger partial charge in [-0.15, -0.1) is 0 Å². The Morgan fingerprint density at radius 3 is 2.50 bits per heavy atom. The molecule has 0 aliphatic carbocycles. The van der Waals surface area contributed by atoms with Crippen LogP contribution in [0.25, 0.3) is 10.9 Å². The van der Waals surface area contributed by atoms with E-state index in [1.54, 1.807) is 6.92 Å². The van der Waals surface area contributed by atoms with Gasteiger partial charge in [-0.25, -0.2) is 22.7 Å². The highest BCUT2D eigenvalue weighted by molar-refractivity contribution is 7.84. The predicted molar refractivity (Wildman–Crippen MR) is 86.1 cm³/mol. The van der Waals surface area contributed by atoms with Gasteiger partial charge in [0.2, 0.25) is 0 Å². The molecule has 0 fully saturated rings. The molecule has 1 aromatic carbocycles. The minimum atomic E-state index is -1.31. The van der Waals surface area contributed by atoms with Gasteiger partial charge in [0.05, 0.1) is 21.2 Å². The lowest BCUT2D eigenvalue weighted by Crippen LogP contribution is -2.35. The van der Waals surface area contributed by atoms with Gasteiger partial charge in [-0.3, -0.25) is 0 Å². The fourth-order valence-electron chi connectivity index (χ4n) is 1.90. The van der Waals surface area contributed by atoms with E-state index in [1.165, 1.54) is 6.07 Å². The summed E-state index contributed by atoms with van der Waals surface area (Å²) in [5.41, 5.74) is 0.660. The molecule has 0 aliphatic heterocycles. The summed E-state index contributed by atoms with van der Waals surface area (Å²) in [5, 5.41) is 0.305. The van der Waals surface area contributed by atoms with E-state index in [4.69, 9.17) is 11.6 Å². The monoisotopic (exact) mass is 346 g/mol. The average molecular weight is 347 g/mol. The maximum atomic E-state index is 13.9. The molecule has 2 atom stereocenters. The Morgan fingerprint density at radius 2 is 1.91 bits per heavy atom. The molecule has 0 amide bonds. The van der Waals surface area contributed by atoms with Crippen LogP contribution in [0.3, 0.4) is 0 Å². The number of halogens is 3. The zero-order valence-electron chi connectivity index (χ0n) is 12.7. The molecule has 1 aromatic heterocycles. The van der Waals surface area contributed by atoms with Crippen molar-refractivity contribution in [2.24, 2.45) is 0 Å². The molecular weight excluding hydrogens is 330 g/mol. The molecule has 22 heavy (non-hydrogen) atoms. The molecule has 120 valence electrons. The van der Waals surface area contributed by atoms with Crippen LogP contribution in [-0.2, 0) is 11.0 Å². The Bertz CT molecular complexity index is 746. The minimum Gasteiger partial charge on any atom is -0.242 e. The van der Waals surface area contributed by atoms with E-state index in [1.807, 2.05) is 20.8 Å². The van der Waals surface area contributed by atoms with Crippen molar-refractivity contribution >= 4 is 33.5 Å². The Hall–Kier alpha value is -1.11. The highest BCUT2D eigenvalue weighted by atomic mass is 35.5. The first-order chi connectivity index (χ1) is 10.1. The molecule has 0 aliphatic rings. The lowest BCUT2D eigenvalue weighted by Gasteiger charge is -2.22. The van der Waals surface area contributed by atoms with Crippen LogP contribution >= 0.6 is 11.6 Å². The van der Waals surface area contributed by atoms with Crippen molar-refractivity contribution in [3.05, 3.63) is 40.6 Å². The number of pyridine rings is 1. The van der Waals surface area contributed by atoms with E-state index in [-0.39, 0.29) is 16.1 Å². The molecule has 0 radical (unpaired) electrons. The van der Waals surface area contributed by atoms with Crippen LogP contribution in [0.5, 0.6) is 0 Å². The van der Waals surface area contributed by atoms with E-state index in [0.717, 1.165) is 12.1 Å². The first kappa shape index (κ1) is 17.2.